The lowest BCUT2D eigenvalue weighted by Gasteiger charge is -1.88. The Morgan fingerprint density at radius 3 is 2.93 bits per heavy atom. The van der Waals surface area contributed by atoms with Gasteiger partial charge in [0.1, 0.15) is 5.01 Å². The van der Waals surface area contributed by atoms with Gasteiger partial charge >= 0.3 is 0 Å². The lowest BCUT2D eigenvalue weighted by atomic mass is 10.4. The minimum Gasteiger partial charge on any atom is -0.240 e. The minimum atomic E-state index is 0.636. The normalized spacial score (nSPS) is 10.7. The molecule has 0 aliphatic carbocycles. The summed E-state index contributed by atoms with van der Waals surface area (Å²) in [6.07, 6.45) is 0.852. The molecule has 0 saturated heterocycles. The molecule has 2 heterocycles. The maximum absolute atomic E-state index is 5.66. The monoisotopic (exact) mass is 307 g/mol. The van der Waals surface area contributed by atoms with Crippen LogP contribution in [0.15, 0.2) is 21.3 Å². The number of hydrogen-bond donors (Lipinski definition) is 0. The summed E-state index contributed by atoms with van der Waals surface area (Å²) in [4.78, 5) is 5.72. The molecule has 0 saturated carbocycles. The summed E-state index contributed by atoms with van der Waals surface area (Å²) in [7, 11) is 0. The van der Waals surface area contributed by atoms with Crippen molar-refractivity contribution in [2.75, 3.05) is 5.88 Å². The molecule has 1 nitrogen and oxygen atoms in total. The molecule has 0 aliphatic heterocycles. The van der Waals surface area contributed by atoms with E-state index in [0.717, 1.165) is 20.9 Å². The van der Waals surface area contributed by atoms with Crippen molar-refractivity contribution in [3.8, 4) is 9.88 Å². The van der Waals surface area contributed by atoms with Gasteiger partial charge in [0.05, 0.1) is 14.4 Å². The van der Waals surface area contributed by atoms with E-state index >= 15 is 0 Å². The van der Waals surface area contributed by atoms with E-state index in [1.165, 1.54) is 4.88 Å². The van der Waals surface area contributed by atoms with Gasteiger partial charge in [0, 0.05) is 17.7 Å². The van der Waals surface area contributed by atoms with Gasteiger partial charge in [0.2, 0.25) is 0 Å². The summed E-state index contributed by atoms with van der Waals surface area (Å²) in [5, 5.41) is 3.16. The highest BCUT2D eigenvalue weighted by molar-refractivity contribution is 9.11. The molecule has 0 spiro atoms. The van der Waals surface area contributed by atoms with Crippen LogP contribution in [0.25, 0.3) is 9.88 Å². The predicted octanol–water partition coefficient (Wildman–Crippen LogP) is 4.42. The van der Waals surface area contributed by atoms with Crippen LogP contribution in [-0.4, -0.2) is 10.9 Å². The van der Waals surface area contributed by atoms with E-state index in [0.29, 0.717) is 5.88 Å². The molecule has 5 heteroatoms. The first-order valence-corrected chi connectivity index (χ1v) is 7.08. The summed E-state index contributed by atoms with van der Waals surface area (Å²) in [5.74, 6) is 0.636. The molecule has 2 rings (SSSR count). The summed E-state index contributed by atoms with van der Waals surface area (Å²) >= 11 is 12.5. The van der Waals surface area contributed by atoms with Crippen molar-refractivity contribution in [1.29, 1.82) is 0 Å². The fourth-order valence-electron chi connectivity index (χ4n) is 1.06. The van der Waals surface area contributed by atoms with Gasteiger partial charge < -0.3 is 0 Å². The van der Waals surface area contributed by atoms with E-state index in [2.05, 4.69) is 32.4 Å². The van der Waals surface area contributed by atoms with E-state index in [1.807, 2.05) is 6.07 Å². The van der Waals surface area contributed by atoms with Crippen molar-refractivity contribution >= 4 is 50.2 Å². The number of alkyl halides is 1. The van der Waals surface area contributed by atoms with Crippen molar-refractivity contribution in [2.24, 2.45) is 0 Å². The van der Waals surface area contributed by atoms with E-state index < -0.39 is 0 Å². The molecular weight excluding hydrogens is 302 g/mol. The highest BCUT2D eigenvalue weighted by Gasteiger charge is 2.06. The molecular formula is C9H7BrClNS2. The molecule has 0 fully saturated rings. The predicted molar refractivity (Wildman–Crippen MR) is 67.6 cm³/mol. The second-order valence-corrected chi connectivity index (χ2v) is 6.39. The number of rotatable bonds is 3. The van der Waals surface area contributed by atoms with E-state index in [4.69, 9.17) is 11.6 Å². The van der Waals surface area contributed by atoms with Crippen LogP contribution in [0.3, 0.4) is 0 Å². The molecule has 0 aliphatic rings. The number of thiophene rings is 1. The Morgan fingerprint density at radius 1 is 1.43 bits per heavy atom. The van der Waals surface area contributed by atoms with Crippen LogP contribution in [0.4, 0.5) is 0 Å². The number of nitrogens with zero attached hydrogens (tertiary/aromatic N) is 1. The Hall–Kier alpha value is 0.1000. The van der Waals surface area contributed by atoms with Gasteiger partial charge in [-0.05, 0) is 28.1 Å². The van der Waals surface area contributed by atoms with Gasteiger partial charge in [0.25, 0.3) is 0 Å². The van der Waals surface area contributed by atoms with E-state index in [-0.39, 0.29) is 0 Å². The van der Waals surface area contributed by atoms with Gasteiger partial charge in [-0.25, -0.2) is 4.98 Å². The number of aromatic nitrogens is 1. The van der Waals surface area contributed by atoms with Crippen LogP contribution in [0.2, 0.25) is 0 Å². The highest BCUT2D eigenvalue weighted by atomic mass is 79.9. The maximum atomic E-state index is 5.66. The topological polar surface area (TPSA) is 12.9 Å². The average molecular weight is 309 g/mol. The molecule has 0 aromatic carbocycles. The van der Waals surface area contributed by atoms with Gasteiger partial charge in [-0.15, -0.1) is 34.3 Å². The Bertz CT molecular complexity index is 424. The fourth-order valence-corrected chi connectivity index (χ4v) is 3.57. The van der Waals surface area contributed by atoms with Gasteiger partial charge in [0.15, 0.2) is 0 Å². The zero-order valence-corrected chi connectivity index (χ0v) is 11.1. The third kappa shape index (κ3) is 2.37. The molecule has 0 bridgehead atoms. The Labute approximate surface area is 104 Å². The Morgan fingerprint density at radius 2 is 2.29 bits per heavy atom. The largest absolute Gasteiger partial charge is 0.240 e. The summed E-state index contributed by atoms with van der Waals surface area (Å²) in [6.45, 7) is 0. The molecule has 0 N–H and O–H groups in total. The molecule has 0 unspecified atom stereocenters. The van der Waals surface area contributed by atoms with E-state index in [9.17, 15) is 0 Å². The molecule has 0 amide bonds. The minimum absolute atomic E-state index is 0.636. The lowest BCUT2D eigenvalue weighted by molar-refractivity contribution is 1.07. The van der Waals surface area contributed by atoms with Crippen LogP contribution in [0.5, 0.6) is 0 Å². The number of thiazole rings is 1. The van der Waals surface area contributed by atoms with Crippen LogP contribution in [0, 0.1) is 0 Å². The Kier molecular flexibility index (Phi) is 3.60. The first kappa shape index (κ1) is 10.6. The van der Waals surface area contributed by atoms with Crippen molar-refractivity contribution in [3.05, 3.63) is 27.0 Å². The molecule has 2 aromatic rings. The second-order valence-electron chi connectivity index (χ2n) is 2.69. The van der Waals surface area contributed by atoms with Crippen LogP contribution >= 0.6 is 50.2 Å². The second kappa shape index (κ2) is 4.75. The molecule has 0 atom stereocenters. The first-order valence-electron chi connectivity index (χ1n) is 4.05. The number of hydrogen-bond acceptors (Lipinski definition) is 3. The molecule has 74 valence electrons. The summed E-state index contributed by atoms with van der Waals surface area (Å²) in [5.41, 5.74) is 1.09. The smallest absolute Gasteiger partial charge is 0.133 e. The third-order valence-corrected chi connectivity index (χ3v) is 4.56. The van der Waals surface area contributed by atoms with Crippen molar-refractivity contribution in [2.45, 2.75) is 6.42 Å². The van der Waals surface area contributed by atoms with Gasteiger partial charge in [-0.1, -0.05) is 0 Å². The van der Waals surface area contributed by atoms with Crippen LogP contribution in [0.1, 0.15) is 5.69 Å². The van der Waals surface area contributed by atoms with Crippen molar-refractivity contribution < 1.29 is 0 Å². The average Bonchev–Trinajstić information content (AvgIpc) is 2.74. The maximum Gasteiger partial charge on any atom is 0.133 e. The highest BCUT2D eigenvalue weighted by Crippen LogP contribution is 2.33. The first-order chi connectivity index (χ1) is 6.79. The van der Waals surface area contributed by atoms with E-state index in [1.54, 1.807) is 22.7 Å². The number of halogens is 2. The zero-order chi connectivity index (χ0) is 9.97. The third-order valence-electron chi connectivity index (χ3n) is 1.69. The number of aryl methyl sites for hydroxylation is 1. The Balaban J connectivity index is 2.24. The van der Waals surface area contributed by atoms with Crippen molar-refractivity contribution in [1.82, 2.24) is 4.98 Å². The molecule has 2 aromatic heterocycles. The fraction of sp³-hybridized carbons (Fsp3) is 0.222. The zero-order valence-electron chi connectivity index (χ0n) is 7.17. The lowest BCUT2D eigenvalue weighted by Crippen LogP contribution is -1.84. The van der Waals surface area contributed by atoms with Crippen molar-refractivity contribution in [3.63, 3.8) is 0 Å². The SMILES string of the molecule is ClCCc1csc(-c2ccc(Br)s2)n1. The van der Waals surface area contributed by atoms with Crippen LogP contribution in [-0.2, 0) is 6.42 Å². The summed E-state index contributed by atoms with van der Waals surface area (Å²) in [6, 6.07) is 4.13. The van der Waals surface area contributed by atoms with Crippen LogP contribution < -0.4 is 0 Å². The molecule has 14 heavy (non-hydrogen) atoms. The standard InChI is InChI=1S/C9H7BrClNS2/c10-8-2-1-7(14-8)9-12-6(3-4-11)5-13-9/h1-2,5H,3-4H2. The van der Waals surface area contributed by atoms with Gasteiger partial charge in [-0.3, -0.25) is 0 Å². The molecule has 0 radical (unpaired) electrons. The quantitative estimate of drug-likeness (QED) is 0.765. The summed E-state index contributed by atoms with van der Waals surface area (Å²) < 4.78 is 1.14. The van der Waals surface area contributed by atoms with Gasteiger partial charge in [-0.2, -0.15) is 0 Å².